The van der Waals surface area contributed by atoms with E-state index in [4.69, 9.17) is 16.7 Å². The van der Waals surface area contributed by atoms with Crippen molar-refractivity contribution in [3.8, 4) is 0 Å². The van der Waals surface area contributed by atoms with Gasteiger partial charge in [0.1, 0.15) is 12.1 Å². The Kier molecular flexibility index (Phi) is 8.08. The molecule has 2 heterocycles. The third-order valence-electron chi connectivity index (χ3n) is 6.40. The molecule has 0 bridgehead atoms. The summed E-state index contributed by atoms with van der Waals surface area (Å²) in [6.07, 6.45) is 2.81. The lowest BCUT2D eigenvalue weighted by atomic mass is 9.93. The van der Waals surface area contributed by atoms with Gasteiger partial charge in [-0.05, 0) is 49.1 Å². The van der Waals surface area contributed by atoms with E-state index in [0.29, 0.717) is 34.1 Å². The van der Waals surface area contributed by atoms with Crippen molar-refractivity contribution in [2.75, 3.05) is 11.9 Å². The van der Waals surface area contributed by atoms with E-state index in [1.807, 2.05) is 37.3 Å². The van der Waals surface area contributed by atoms with Crippen molar-refractivity contribution in [1.82, 2.24) is 9.97 Å². The molecule has 2 aromatic heterocycles. The summed E-state index contributed by atoms with van der Waals surface area (Å²) in [5, 5.41) is 19.1. The van der Waals surface area contributed by atoms with Crippen LogP contribution in [-0.4, -0.2) is 48.0 Å². The van der Waals surface area contributed by atoms with Gasteiger partial charge in [0.25, 0.3) is 0 Å². The molecule has 1 aliphatic rings. The van der Waals surface area contributed by atoms with Crippen LogP contribution in [0.5, 0.6) is 0 Å². The fraction of sp³-hybridized carbons (Fsp3) is 0.375. The van der Waals surface area contributed by atoms with E-state index < -0.39 is 22.3 Å². The average molecular weight is 551 g/mol. The Morgan fingerprint density at radius 1 is 1.36 bits per heavy atom. The number of thiophene rings is 1. The number of hydrogen-bond acceptors (Lipinski definition) is 9. The van der Waals surface area contributed by atoms with Crippen molar-refractivity contribution in [3.05, 3.63) is 74.3 Å². The minimum Gasteiger partial charge on any atom is -0.393 e. The number of nitrogens with one attached hydrogen (secondary N) is 1. The van der Waals surface area contributed by atoms with Gasteiger partial charge >= 0.3 is 10.3 Å². The van der Waals surface area contributed by atoms with Crippen LogP contribution in [0.1, 0.15) is 56.9 Å². The number of aliphatic hydroxyl groups excluding tert-OH is 1. The predicted octanol–water partition coefficient (Wildman–Crippen LogP) is 3.65. The van der Waals surface area contributed by atoms with E-state index >= 15 is 0 Å². The summed E-state index contributed by atoms with van der Waals surface area (Å²) in [5.41, 5.74) is 2.43. The molecule has 2 unspecified atom stereocenters. The molecule has 3 aromatic rings. The summed E-state index contributed by atoms with van der Waals surface area (Å²) < 4.78 is 26.8. The van der Waals surface area contributed by atoms with Crippen LogP contribution >= 0.6 is 22.9 Å². The SMILES string of the molecule is Cc1sc(C(=O)c2cncnc2NC2CC(O)[C@@H](COS(N)(=O)=O)C2)cc1[C@@H](C)c1cccc(Cl)c1. The lowest BCUT2D eigenvalue weighted by Crippen LogP contribution is -2.24. The average Bonchev–Trinajstić information content (AvgIpc) is 3.38. The smallest absolute Gasteiger partial charge is 0.333 e. The number of nitrogens with zero attached hydrogens (tertiary/aromatic N) is 2. The second-order valence-electron chi connectivity index (χ2n) is 8.93. The van der Waals surface area contributed by atoms with Crippen molar-refractivity contribution in [1.29, 1.82) is 0 Å². The highest BCUT2D eigenvalue weighted by molar-refractivity contribution is 7.84. The highest BCUT2D eigenvalue weighted by Crippen LogP contribution is 2.35. The lowest BCUT2D eigenvalue weighted by molar-refractivity contribution is 0.101. The number of halogens is 1. The first kappa shape index (κ1) is 26.6. The third kappa shape index (κ3) is 6.28. The molecule has 0 spiro atoms. The standard InChI is InChI=1S/C24H27ClN4O5S2/c1-13(15-4-3-5-17(25)6-15)19-9-22(35-14(19)2)23(31)20-10-27-12-28-24(20)29-18-7-16(21(30)8-18)11-34-36(26,32)33/h3-6,9-10,12-13,16,18,21,30H,7-8,11H2,1-2H3,(H2,26,32,33)(H,27,28,29)/t13-,16+,18?,21?/m0/s1. The summed E-state index contributed by atoms with van der Waals surface area (Å²) in [7, 11) is -4.09. The summed E-state index contributed by atoms with van der Waals surface area (Å²) in [5.74, 6) is -0.209. The highest BCUT2D eigenvalue weighted by atomic mass is 35.5. The van der Waals surface area contributed by atoms with Gasteiger partial charge in [0.15, 0.2) is 0 Å². The normalized spacial score (nSPS) is 20.9. The maximum atomic E-state index is 13.5. The predicted molar refractivity (Wildman–Crippen MR) is 139 cm³/mol. The molecule has 192 valence electrons. The monoisotopic (exact) mass is 550 g/mol. The Balaban J connectivity index is 1.51. The van der Waals surface area contributed by atoms with Gasteiger partial charge in [-0.15, -0.1) is 11.3 Å². The number of hydrogen-bond donors (Lipinski definition) is 3. The van der Waals surface area contributed by atoms with Crippen LogP contribution in [0.3, 0.4) is 0 Å². The fourth-order valence-electron chi connectivity index (χ4n) is 4.51. The van der Waals surface area contributed by atoms with Crippen molar-refractivity contribution in [2.24, 2.45) is 11.1 Å². The largest absolute Gasteiger partial charge is 0.393 e. The second-order valence-corrected chi connectivity index (χ2v) is 11.8. The molecule has 0 aliphatic heterocycles. The van der Waals surface area contributed by atoms with Crippen LogP contribution in [-0.2, 0) is 14.5 Å². The van der Waals surface area contributed by atoms with E-state index in [1.54, 1.807) is 0 Å². The Hall–Kier alpha value is -2.41. The first-order valence-corrected chi connectivity index (χ1v) is 14.0. The molecule has 1 fully saturated rings. The Morgan fingerprint density at radius 3 is 2.86 bits per heavy atom. The van der Waals surface area contributed by atoms with E-state index in [9.17, 15) is 18.3 Å². The molecule has 1 aliphatic carbocycles. The molecule has 1 aromatic carbocycles. The van der Waals surface area contributed by atoms with Crippen molar-refractivity contribution >= 4 is 44.8 Å². The quantitative estimate of drug-likeness (QED) is 0.342. The van der Waals surface area contributed by atoms with E-state index in [0.717, 1.165) is 16.0 Å². The van der Waals surface area contributed by atoms with E-state index in [1.165, 1.54) is 23.9 Å². The number of rotatable bonds is 9. The van der Waals surface area contributed by atoms with Crippen LogP contribution in [0.25, 0.3) is 0 Å². The molecule has 0 saturated heterocycles. The van der Waals surface area contributed by atoms with Crippen LogP contribution in [0, 0.1) is 12.8 Å². The number of aryl methyl sites for hydroxylation is 1. The first-order chi connectivity index (χ1) is 17.0. The molecule has 1 saturated carbocycles. The topological polar surface area (TPSA) is 144 Å². The molecule has 4 rings (SSSR count). The molecule has 4 N–H and O–H groups in total. The molecule has 0 amide bonds. The molecule has 12 heteroatoms. The number of carbonyl (C=O) groups excluding carboxylic acids is 1. The number of anilines is 1. The summed E-state index contributed by atoms with van der Waals surface area (Å²) in [6, 6.07) is 9.35. The van der Waals surface area contributed by atoms with Gasteiger partial charge in [-0.1, -0.05) is 30.7 Å². The fourth-order valence-corrected chi connectivity index (χ4v) is 6.15. The third-order valence-corrected chi connectivity index (χ3v) is 8.16. The van der Waals surface area contributed by atoms with E-state index in [-0.39, 0.29) is 24.3 Å². The van der Waals surface area contributed by atoms with Crippen LogP contribution in [0.2, 0.25) is 5.02 Å². The molecule has 9 nitrogen and oxygen atoms in total. The van der Waals surface area contributed by atoms with Gasteiger partial charge in [-0.2, -0.15) is 8.42 Å². The zero-order valence-electron chi connectivity index (χ0n) is 19.7. The van der Waals surface area contributed by atoms with Gasteiger partial charge in [0, 0.05) is 34.0 Å². The van der Waals surface area contributed by atoms with Gasteiger partial charge in [-0.25, -0.2) is 15.1 Å². The van der Waals surface area contributed by atoms with Crippen molar-refractivity contribution in [2.45, 2.75) is 44.8 Å². The van der Waals surface area contributed by atoms with E-state index in [2.05, 4.69) is 26.4 Å². The number of ketones is 1. The molecule has 0 radical (unpaired) electrons. The Morgan fingerprint density at radius 2 is 2.14 bits per heavy atom. The van der Waals surface area contributed by atoms with Gasteiger partial charge in [-0.3, -0.25) is 8.98 Å². The van der Waals surface area contributed by atoms with Crippen LogP contribution in [0.4, 0.5) is 5.82 Å². The zero-order valence-corrected chi connectivity index (χ0v) is 22.1. The molecular weight excluding hydrogens is 524 g/mol. The first-order valence-electron chi connectivity index (χ1n) is 11.3. The highest BCUT2D eigenvalue weighted by Gasteiger charge is 2.35. The number of nitrogens with two attached hydrogens (primary N) is 1. The summed E-state index contributed by atoms with van der Waals surface area (Å²) in [6.45, 7) is 3.85. The van der Waals surface area contributed by atoms with Crippen LogP contribution < -0.4 is 10.5 Å². The van der Waals surface area contributed by atoms with Gasteiger partial charge in [0.05, 0.1) is 23.2 Å². The van der Waals surface area contributed by atoms with Crippen molar-refractivity contribution in [3.63, 3.8) is 0 Å². The zero-order chi connectivity index (χ0) is 26.0. The minimum absolute atomic E-state index is 0.0579. The maximum Gasteiger partial charge on any atom is 0.333 e. The Bertz CT molecular complexity index is 1360. The lowest BCUT2D eigenvalue weighted by Gasteiger charge is -2.15. The Labute approximate surface area is 219 Å². The second kappa shape index (κ2) is 10.9. The molecular formula is C24H27ClN4O5S2. The molecule has 4 atom stereocenters. The number of benzene rings is 1. The van der Waals surface area contributed by atoms with Gasteiger partial charge < -0.3 is 10.4 Å². The van der Waals surface area contributed by atoms with Crippen LogP contribution in [0.15, 0.2) is 42.9 Å². The maximum absolute atomic E-state index is 13.5. The summed E-state index contributed by atoms with van der Waals surface area (Å²) in [4.78, 5) is 23.4. The number of aliphatic hydroxyl groups is 1. The number of carbonyl (C=O) groups is 1. The molecule has 36 heavy (non-hydrogen) atoms. The minimum atomic E-state index is -4.09. The van der Waals surface area contributed by atoms with Crippen molar-refractivity contribution < 1.29 is 22.5 Å². The van der Waals surface area contributed by atoms with Gasteiger partial charge in [0.2, 0.25) is 5.78 Å². The number of aromatic nitrogens is 2. The summed E-state index contributed by atoms with van der Waals surface area (Å²) >= 11 is 7.58.